The summed E-state index contributed by atoms with van der Waals surface area (Å²) in [6.45, 7) is 9.41. The third-order valence-electron chi connectivity index (χ3n) is 14.7. The van der Waals surface area contributed by atoms with Gasteiger partial charge in [0.25, 0.3) is 0 Å². The van der Waals surface area contributed by atoms with Crippen molar-refractivity contribution in [3.63, 3.8) is 0 Å². The SMILES string of the molecule is CCCCCCCCCCCCC(=O)O[C@H](COC(=O)CCCCCCC)COP(=O)(O)OC[C@H](O)COP(=O)(O)OC[C@@H](COC(=O)CCCCCCCCCCCCCC(C)C)OC(=O)CCCCCCCCCCCCCC(C)C. The van der Waals surface area contributed by atoms with Crippen molar-refractivity contribution in [1.29, 1.82) is 0 Å². The summed E-state index contributed by atoms with van der Waals surface area (Å²) in [5.74, 6) is -0.607. The quantitative estimate of drug-likeness (QED) is 0.0222. The summed E-state index contributed by atoms with van der Waals surface area (Å²) < 4.78 is 67.8. The third kappa shape index (κ3) is 58.8. The Balaban J connectivity index is 5.18. The normalized spacial score (nSPS) is 14.3. The van der Waals surface area contributed by atoms with E-state index in [0.717, 1.165) is 108 Å². The van der Waals surface area contributed by atoms with E-state index in [9.17, 15) is 43.2 Å². The number of aliphatic hydroxyl groups is 1. The van der Waals surface area contributed by atoms with Gasteiger partial charge in [-0.05, 0) is 37.5 Å². The molecule has 0 aliphatic heterocycles. The van der Waals surface area contributed by atoms with Gasteiger partial charge < -0.3 is 33.8 Å². The van der Waals surface area contributed by atoms with E-state index in [-0.39, 0.29) is 25.7 Å². The number of ether oxygens (including phenoxy) is 4. The zero-order valence-corrected chi connectivity index (χ0v) is 55.3. The van der Waals surface area contributed by atoms with Crippen LogP contribution in [0.15, 0.2) is 0 Å². The molecule has 0 heterocycles. The molecule has 0 aliphatic rings. The van der Waals surface area contributed by atoms with E-state index in [0.29, 0.717) is 25.7 Å². The highest BCUT2D eigenvalue weighted by molar-refractivity contribution is 7.47. The molecule has 0 amide bonds. The number of aliphatic hydroxyl groups excluding tert-OH is 1. The average molecular weight is 1230 g/mol. The third-order valence-corrected chi connectivity index (χ3v) is 16.6. The molecule has 0 spiro atoms. The first-order chi connectivity index (χ1) is 39.9. The van der Waals surface area contributed by atoms with Crippen LogP contribution >= 0.6 is 15.6 Å². The lowest BCUT2D eigenvalue weighted by Crippen LogP contribution is -2.30. The molecule has 5 atom stereocenters. The van der Waals surface area contributed by atoms with Crippen LogP contribution in [0.3, 0.4) is 0 Å². The van der Waals surface area contributed by atoms with E-state index < -0.39 is 97.5 Å². The molecule has 17 nitrogen and oxygen atoms in total. The second kappa shape index (κ2) is 56.6. The highest BCUT2D eigenvalue weighted by atomic mass is 31.2. The van der Waals surface area contributed by atoms with Crippen LogP contribution < -0.4 is 0 Å². The van der Waals surface area contributed by atoms with E-state index in [4.69, 9.17) is 37.0 Å². The highest BCUT2D eigenvalue weighted by Gasteiger charge is 2.30. The molecule has 0 aromatic carbocycles. The first-order valence-corrected chi connectivity index (χ1v) is 36.5. The molecule has 19 heteroatoms. The van der Waals surface area contributed by atoms with Gasteiger partial charge in [-0.15, -0.1) is 0 Å². The average Bonchev–Trinajstić information content (AvgIpc) is 3.44. The molecular formula is C64H124O17P2. The van der Waals surface area contributed by atoms with Crippen molar-refractivity contribution in [3.8, 4) is 0 Å². The van der Waals surface area contributed by atoms with E-state index >= 15 is 0 Å². The number of unbranched alkanes of at least 4 members (excludes halogenated alkanes) is 33. The predicted octanol–water partition coefficient (Wildman–Crippen LogP) is 17.7. The molecular weight excluding hydrogens is 1100 g/mol. The van der Waals surface area contributed by atoms with Gasteiger partial charge in [0, 0.05) is 25.7 Å². The van der Waals surface area contributed by atoms with Crippen LogP contribution in [-0.4, -0.2) is 96.7 Å². The number of carbonyl (C=O) groups excluding carboxylic acids is 4. The summed E-state index contributed by atoms with van der Waals surface area (Å²) in [7, 11) is -9.88. The highest BCUT2D eigenvalue weighted by Crippen LogP contribution is 2.45. The largest absolute Gasteiger partial charge is 0.472 e. The van der Waals surface area contributed by atoms with Crippen molar-refractivity contribution in [3.05, 3.63) is 0 Å². The van der Waals surface area contributed by atoms with Gasteiger partial charge in [0.15, 0.2) is 12.2 Å². The van der Waals surface area contributed by atoms with Gasteiger partial charge in [-0.25, -0.2) is 9.13 Å². The molecule has 0 saturated heterocycles. The van der Waals surface area contributed by atoms with Crippen molar-refractivity contribution in [2.45, 2.75) is 336 Å². The van der Waals surface area contributed by atoms with Crippen molar-refractivity contribution in [2.75, 3.05) is 39.6 Å². The summed E-state index contributed by atoms with van der Waals surface area (Å²) in [6.07, 6.45) is 39.2. The number of hydrogen-bond donors (Lipinski definition) is 3. The fourth-order valence-electron chi connectivity index (χ4n) is 9.53. The molecule has 2 unspecified atom stereocenters. The second-order valence-corrected chi connectivity index (χ2v) is 27.0. The molecule has 0 aromatic rings. The molecule has 0 saturated carbocycles. The van der Waals surface area contributed by atoms with Gasteiger partial charge in [0.1, 0.15) is 19.3 Å². The second-order valence-electron chi connectivity index (χ2n) is 24.1. The molecule has 0 aliphatic carbocycles. The zero-order chi connectivity index (χ0) is 61.5. The number of esters is 4. The van der Waals surface area contributed by atoms with Crippen molar-refractivity contribution < 1.29 is 80.2 Å². The number of rotatable bonds is 63. The first-order valence-electron chi connectivity index (χ1n) is 33.5. The Labute approximate surface area is 505 Å². The Kier molecular flexibility index (Phi) is 55.2. The van der Waals surface area contributed by atoms with E-state index in [1.54, 1.807) is 0 Å². The summed E-state index contributed by atoms with van der Waals surface area (Å²) in [6, 6.07) is 0. The Morgan fingerprint density at radius 3 is 0.819 bits per heavy atom. The van der Waals surface area contributed by atoms with Gasteiger partial charge in [-0.1, -0.05) is 266 Å². The monoisotopic (exact) mass is 1230 g/mol. The Hall–Kier alpha value is -1.94. The van der Waals surface area contributed by atoms with Crippen LogP contribution in [0.5, 0.6) is 0 Å². The number of phosphoric ester groups is 2. The van der Waals surface area contributed by atoms with E-state index in [1.165, 1.54) is 128 Å². The molecule has 3 N–H and O–H groups in total. The van der Waals surface area contributed by atoms with Gasteiger partial charge in [0.05, 0.1) is 26.4 Å². The number of phosphoric acid groups is 2. The zero-order valence-electron chi connectivity index (χ0n) is 53.5. The molecule has 0 fully saturated rings. The maximum absolute atomic E-state index is 13.0. The van der Waals surface area contributed by atoms with Crippen LogP contribution in [0.25, 0.3) is 0 Å². The van der Waals surface area contributed by atoms with Gasteiger partial charge in [0.2, 0.25) is 0 Å². The Morgan fingerprint density at radius 1 is 0.325 bits per heavy atom. The number of carbonyl (C=O) groups is 4. The van der Waals surface area contributed by atoms with Crippen LogP contribution in [0, 0.1) is 11.8 Å². The van der Waals surface area contributed by atoms with E-state index in [2.05, 4.69) is 41.5 Å². The predicted molar refractivity (Wildman–Crippen MR) is 331 cm³/mol. The summed E-state index contributed by atoms with van der Waals surface area (Å²) >= 11 is 0. The minimum Gasteiger partial charge on any atom is -0.462 e. The Bertz CT molecular complexity index is 1630. The smallest absolute Gasteiger partial charge is 0.462 e. The van der Waals surface area contributed by atoms with Gasteiger partial charge >= 0.3 is 39.5 Å². The van der Waals surface area contributed by atoms with Gasteiger partial charge in [-0.3, -0.25) is 37.3 Å². The minimum atomic E-state index is -4.94. The van der Waals surface area contributed by atoms with Crippen molar-refractivity contribution >= 4 is 39.5 Å². The van der Waals surface area contributed by atoms with Crippen LogP contribution in [-0.2, 0) is 65.4 Å². The van der Waals surface area contributed by atoms with Crippen molar-refractivity contribution in [2.24, 2.45) is 11.8 Å². The fourth-order valence-corrected chi connectivity index (χ4v) is 11.1. The first kappa shape index (κ1) is 81.1. The summed E-state index contributed by atoms with van der Waals surface area (Å²) in [5, 5.41) is 10.5. The lowest BCUT2D eigenvalue weighted by atomic mass is 10.0. The lowest BCUT2D eigenvalue weighted by molar-refractivity contribution is -0.161. The van der Waals surface area contributed by atoms with E-state index in [1.807, 2.05) is 0 Å². The summed E-state index contributed by atoms with van der Waals surface area (Å²) in [5.41, 5.74) is 0. The maximum Gasteiger partial charge on any atom is 0.472 e. The lowest BCUT2D eigenvalue weighted by Gasteiger charge is -2.21. The van der Waals surface area contributed by atoms with Crippen molar-refractivity contribution in [1.82, 2.24) is 0 Å². The summed E-state index contributed by atoms with van der Waals surface area (Å²) in [4.78, 5) is 72.0. The molecule has 492 valence electrons. The molecule has 83 heavy (non-hydrogen) atoms. The topological polar surface area (TPSA) is 237 Å². The number of hydrogen-bond acceptors (Lipinski definition) is 15. The van der Waals surface area contributed by atoms with Crippen LogP contribution in [0.4, 0.5) is 0 Å². The fraction of sp³-hybridized carbons (Fsp3) is 0.938. The Morgan fingerprint density at radius 2 is 0.554 bits per heavy atom. The molecule has 0 rings (SSSR count). The maximum atomic E-state index is 13.0. The molecule has 0 bridgehead atoms. The van der Waals surface area contributed by atoms with Crippen LogP contribution in [0.1, 0.15) is 318 Å². The standard InChI is InChI=1S/C64H124O17P2/c1-7-9-11-13-14-15-24-30-36-42-48-63(68)80-59(52-74-61(66)46-40-32-12-10-8-2)54-78-82(70,71)76-50-58(65)51-77-83(72,73)79-55-60(81-64(69)49-43-37-31-26-21-17-19-23-28-34-39-45-57(5)6)53-75-62(67)47-41-35-29-25-20-16-18-22-27-33-38-44-56(3)4/h56-60,65H,7-55H2,1-6H3,(H,70,71)(H,72,73)/t58-,59+,60+/m0/s1. The minimum absolute atomic E-state index is 0.105. The molecule has 0 aromatic heterocycles. The molecule has 0 radical (unpaired) electrons. The van der Waals surface area contributed by atoms with Gasteiger partial charge in [-0.2, -0.15) is 0 Å². The van der Waals surface area contributed by atoms with Crippen LogP contribution in [0.2, 0.25) is 0 Å².